The molecule has 0 aromatic carbocycles. The molecule has 0 radical (unpaired) electrons. The zero-order chi connectivity index (χ0) is 14.7. The van der Waals surface area contributed by atoms with Crippen molar-refractivity contribution in [3.8, 4) is 0 Å². The number of nitro groups is 1. The molecule has 1 heterocycles. The number of aryl methyl sites for hydroxylation is 1. The Balaban J connectivity index is 2.19. The molecule has 6 heteroatoms. The fourth-order valence-electron chi connectivity index (χ4n) is 2.91. The third-order valence-electron chi connectivity index (χ3n) is 4.06. The van der Waals surface area contributed by atoms with Crippen LogP contribution in [0.4, 0.5) is 11.5 Å². The van der Waals surface area contributed by atoms with Crippen LogP contribution in [0.3, 0.4) is 0 Å². The monoisotopic (exact) mass is 278 g/mol. The lowest BCUT2D eigenvalue weighted by molar-refractivity contribution is -0.385. The van der Waals surface area contributed by atoms with Gasteiger partial charge in [0.15, 0.2) is 0 Å². The number of rotatable bonds is 4. The van der Waals surface area contributed by atoms with Gasteiger partial charge >= 0.3 is 0 Å². The highest BCUT2D eigenvalue weighted by Crippen LogP contribution is 2.27. The third-order valence-corrected chi connectivity index (χ3v) is 4.06. The first-order valence-electron chi connectivity index (χ1n) is 7.17. The van der Waals surface area contributed by atoms with Crippen LogP contribution in [-0.4, -0.2) is 28.5 Å². The molecular formula is C14H22N4O2. The predicted molar refractivity (Wildman–Crippen MR) is 78.9 cm³/mol. The van der Waals surface area contributed by atoms with E-state index in [1.54, 1.807) is 19.1 Å². The van der Waals surface area contributed by atoms with E-state index in [1.807, 2.05) is 0 Å². The van der Waals surface area contributed by atoms with Crippen molar-refractivity contribution in [3.05, 3.63) is 27.9 Å². The second kappa shape index (κ2) is 6.17. The zero-order valence-electron chi connectivity index (χ0n) is 12.1. The summed E-state index contributed by atoms with van der Waals surface area (Å²) in [6.07, 6.45) is 4.19. The molecule has 1 saturated carbocycles. The van der Waals surface area contributed by atoms with Crippen molar-refractivity contribution in [1.82, 2.24) is 4.98 Å². The van der Waals surface area contributed by atoms with Crippen LogP contribution in [0.5, 0.6) is 0 Å². The van der Waals surface area contributed by atoms with Gasteiger partial charge in [-0.1, -0.05) is 0 Å². The summed E-state index contributed by atoms with van der Waals surface area (Å²) in [6.45, 7) is 4.63. The van der Waals surface area contributed by atoms with Crippen LogP contribution in [-0.2, 0) is 0 Å². The van der Waals surface area contributed by atoms with E-state index in [9.17, 15) is 10.1 Å². The molecule has 0 amide bonds. The summed E-state index contributed by atoms with van der Waals surface area (Å²) in [6, 6.07) is 4.06. The Morgan fingerprint density at radius 1 is 1.40 bits per heavy atom. The molecule has 0 aliphatic heterocycles. The molecule has 0 bridgehead atoms. The van der Waals surface area contributed by atoms with Crippen LogP contribution < -0.4 is 10.6 Å². The van der Waals surface area contributed by atoms with Crippen molar-refractivity contribution in [2.45, 2.75) is 51.6 Å². The van der Waals surface area contributed by atoms with Crippen LogP contribution in [0.25, 0.3) is 0 Å². The van der Waals surface area contributed by atoms with Crippen molar-refractivity contribution in [2.24, 2.45) is 5.73 Å². The molecule has 1 fully saturated rings. The molecule has 0 spiro atoms. The van der Waals surface area contributed by atoms with E-state index in [-0.39, 0.29) is 10.6 Å². The number of nitrogens with two attached hydrogens (primary N) is 1. The van der Waals surface area contributed by atoms with Crippen LogP contribution in [0.1, 0.15) is 38.3 Å². The van der Waals surface area contributed by atoms with Crippen molar-refractivity contribution in [1.29, 1.82) is 0 Å². The minimum Gasteiger partial charge on any atom is -0.354 e. The lowest BCUT2D eigenvalue weighted by Gasteiger charge is -2.36. The van der Waals surface area contributed by atoms with Gasteiger partial charge in [-0.15, -0.1) is 0 Å². The smallest absolute Gasteiger partial charge is 0.290 e. The van der Waals surface area contributed by atoms with Crippen molar-refractivity contribution < 1.29 is 4.92 Å². The lowest BCUT2D eigenvalue weighted by atomic mass is 9.90. The van der Waals surface area contributed by atoms with Gasteiger partial charge in [0.2, 0.25) is 0 Å². The van der Waals surface area contributed by atoms with Crippen LogP contribution >= 0.6 is 0 Å². The van der Waals surface area contributed by atoms with Crippen LogP contribution in [0.15, 0.2) is 12.1 Å². The topological polar surface area (TPSA) is 85.3 Å². The van der Waals surface area contributed by atoms with Gasteiger partial charge in [0.25, 0.3) is 5.69 Å². The van der Waals surface area contributed by atoms with Gasteiger partial charge in [0.05, 0.1) is 4.92 Å². The van der Waals surface area contributed by atoms with Gasteiger partial charge in [-0.2, -0.15) is 0 Å². The lowest BCUT2D eigenvalue weighted by Crippen LogP contribution is -2.41. The standard InChI is InChI=1S/C14H22N4O2/c1-3-17(12-6-4-11(15)5-7-12)14-9-8-13(18(19)20)10(2)16-14/h8-9,11-12H,3-7,15H2,1-2H3. The fraction of sp³-hybridized carbons (Fsp3) is 0.643. The highest BCUT2D eigenvalue weighted by Gasteiger charge is 2.25. The van der Waals surface area contributed by atoms with Crippen molar-refractivity contribution in [2.75, 3.05) is 11.4 Å². The van der Waals surface area contributed by atoms with Crippen molar-refractivity contribution >= 4 is 11.5 Å². The number of nitrogens with zero attached hydrogens (tertiary/aromatic N) is 3. The van der Waals surface area contributed by atoms with Gasteiger partial charge in [-0.25, -0.2) is 4.98 Å². The first-order valence-corrected chi connectivity index (χ1v) is 7.17. The first kappa shape index (κ1) is 14.7. The Morgan fingerprint density at radius 3 is 2.55 bits per heavy atom. The summed E-state index contributed by atoms with van der Waals surface area (Å²) in [4.78, 5) is 17.1. The van der Waals surface area contributed by atoms with Gasteiger partial charge in [0.1, 0.15) is 11.5 Å². The normalized spacial score (nSPS) is 22.6. The van der Waals surface area contributed by atoms with E-state index in [0.29, 0.717) is 17.8 Å². The maximum atomic E-state index is 10.8. The largest absolute Gasteiger partial charge is 0.354 e. The molecule has 6 nitrogen and oxygen atoms in total. The molecule has 2 N–H and O–H groups in total. The van der Waals surface area contributed by atoms with E-state index in [1.165, 1.54) is 0 Å². The van der Waals surface area contributed by atoms with Gasteiger partial charge in [-0.3, -0.25) is 10.1 Å². The molecule has 110 valence electrons. The summed E-state index contributed by atoms with van der Waals surface area (Å²) in [5.74, 6) is 0.830. The number of pyridine rings is 1. The summed E-state index contributed by atoms with van der Waals surface area (Å²) in [5.41, 5.74) is 6.50. The molecule has 1 aromatic heterocycles. The number of hydrogen-bond donors (Lipinski definition) is 1. The molecule has 0 unspecified atom stereocenters. The highest BCUT2D eigenvalue weighted by molar-refractivity contribution is 5.47. The molecule has 0 saturated heterocycles. The maximum absolute atomic E-state index is 10.8. The molecule has 1 aliphatic carbocycles. The van der Waals surface area contributed by atoms with Gasteiger partial charge in [-0.05, 0) is 45.6 Å². The first-order chi connectivity index (χ1) is 9.52. The van der Waals surface area contributed by atoms with Gasteiger partial charge < -0.3 is 10.6 Å². The van der Waals surface area contributed by atoms with Crippen LogP contribution in [0, 0.1) is 17.0 Å². The second-order valence-electron chi connectivity index (χ2n) is 5.39. The Bertz CT molecular complexity index is 484. The van der Waals surface area contributed by atoms with E-state index in [2.05, 4.69) is 16.8 Å². The fourth-order valence-corrected chi connectivity index (χ4v) is 2.91. The quantitative estimate of drug-likeness (QED) is 0.675. The number of anilines is 1. The minimum absolute atomic E-state index is 0.0791. The maximum Gasteiger partial charge on any atom is 0.290 e. The Morgan fingerprint density at radius 2 is 2.05 bits per heavy atom. The highest BCUT2D eigenvalue weighted by atomic mass is 16.6. The van der Waals surface area contributed by atoms with Crippen molar-refractivity contribution in [3.63, 3.8) is 0 Å². The molecule has 1 aromatic rings. The molecule has 20 heavy (non-hydrogen) atoms. The summed E-state index contributed by atoms with van der Waals surface area (Å²) < 4.78 is 0. The Hall–Kier alpha value is -1.69. The summed E-state index contributed by atoms with van der Waals surface area (Å²) in [5, 5.41) is 10.8. The SMILES string of the molecule is CCN(c1ccc([N+](=O)[O-])c(C)n1)C1CCC(N)CC1. The average Bonchev–Trinajstić information content (AvgIpc) is 2.41. The van der Waals surface area contributed by atoms with Gasteiger partial charge in [0, 0.05) is 24.7 Å². The minimum atomic E-state index is -0.387. The van der Waals surface area contributed by atoms with E-state index in [0.717, 1.165) is 38.0 Å². The molecule has 0 atom stereocenters. The van der Waals surface area contributed by atoms with E-state index in [4.69, 9.17) is 5.73 Å². The number of hydrogen-bond acceptors (Lipinski definition) is 5. The second-order valence-corrected chi connectivity index (χ2v) is 5.39. The van der Waals surface area contributed by atoms with Crippen LogP contribution in [0.2, 0.25) is 0 Å². The Kier molecular flexibility index (Phi) is 4.54. The molecule has 1 aliphatic rings. The van der Waals surface area contributed by atoms with E-state index >= 15 is 0 Å². The Labute approximate surface area is 119 Å². The zero-order valence-corrected chi connectivity index (χ0v) is 12.1. The summed E-state index contributed by atoms with van der Waals surface area (Å²) >= 11 is 0. The average molecular weight is 278 g/mol. The third kappa shape index (κ3) is 3.07. The predicted octanol–water partition coefficient (Wildman–Crippen LogP) is 2.39. The molecule has 2 rings (SSSR count). The number of aromatic nitrogens is 1. The molecular weight excluding hydrogens is 256 g/mol. The van der Waals surface area contributed by atoms with E-state index < -0.39 is 0 Å². The summed E-state index contributed by atoms with van der Waals surface area (Å²) in [7, 11) is 0.